The van der Waals surface area contributed by atoms with Crippen molar-refractivity contribution in [2.45, 2.75) is 57.2 Å². The summed E-state index contributed by atoms with van der Waals surface area (Å²) in [5.74, 6) is 1.78. The highest BCUT2D eigenvalue weighted by Crippen LogP contribution is 2.57. The van der Waals surface area contributed by atoms with Gasteiger partial charge in [-0.2, -0.15) is 0 Å². The Labute approximate surface area is 189 Å². The Kier molecular flexibility index (Phi) is 7.31. The summed E-state index contributed by atoms with van der Waals surface area (Å²) in [5.41, 5.74) is 0.330. The fourth-order valence-electron chi connectivity index (χ4n) is 4.85. The van der Waals surface area contributed by atoms with Gasteiger partial charge >= 0.3 is 0 Å². The summed E-state index contributed by atoms with van der Waals surface area (Å²) >= 11 is 6.30. The molecule has 0 radical (unpaired) electrons. The number of hydrogen-bond acceptors (Lipinski definition) is 4. The van der Waals surface area contributed by atoms with E-state index < -0.39 is 0 Å². The molecule has 1 aromatic heterocycles. The quantitative estimate of drug-likeness (QED) is 0.355. The van der Waals surface area contributed by atoms with E-state index in [0.717, 1.165) is 44.3 Å². The third-order valence-electron chi connectivity index (χ3n) is 6.54. The second-order valence-electron chi connectivity index (χ2n) is 7.92. The Hall–Kier alpha value is -0.800. The van der Waals surface area contributed by atoms with Crippen LogP contribution in [0.4, 0.5) is 5.82 Å². The van der Waals surface area contributed by atoms with Gasteiger partial charge in [-0.05, 0) is 44.7 Å². The van der Waals surface area contributed by atoms with Crippen LogP contribution in [0.15, 0.2) is 23.3 Å². The highest BCUT2D eigenvalue weighted by Gasteiger charge is 2.59. The highest BCUT2D eigenvalue weighted by atomic mass is 127. The standard InChI is InChI=1S/C20H30ClN5O.HI/c1-3-27-17-12-16(20(17)8-5-9-20)25-19(22-2)24-14-7-11-26(13-14)18-15(21)6-4-10-23-18;/h4,6,10,14,16-17H,3,5,7-9,11-13H2,1-2H3,(H2,22,24,25);1H. The van der Waals surface area contributed by atoms with Gasteiger partial charge in [-0.15, -0.1) is 24.0 Å². The lowest BCUT2D eigenvalue weighted by atomic mass is 9.51. The van der Waals surface area contributed by atoms with Crippen LogP contribution in [0.25, 0.3) is 0 Å². The lowest BCUT2D eigenvalue weighted by molar-refractivity contribution is -0.168. The molecule has 3 atom stereocenters. The molecule has 6 nitrogen and oxygen atoms in total. The molecule has 0 bridgehead atoms. The van der Waals surface area contributed by atoms with E-state index in [1.54, 1.807) is 6.20 Å². The molecule has 156 valence electrons. The van der Waals surface area contributed by atoms with E-state index in [1.807, 2.05) is 19.2 Å². The van der Waals surface area contributed by atoms with Gasteiger partial charge in [0.05, 0.1) is 11.1 Å². The molecular weight excluding hydrogens is 489 g/mol. The third kappa shape index (κ3) is 4.07. The number of anilines is 1. The first-order valence-corrected chi connectivity index (χ1v) is 10.5. The Morgan fingerprint density at radius 3 is 2.89 bits per heavy atom. The van der Waals surface area contributed by atoms with Gasteiger partial charge in [0.1, 0.15) is 5.82 Å². The van der Waals surface area contributed by atoms with Crippen LogP contribution in [-0.4, -0.2) is 55.9 Å². The molecule has 0 amide bonds. The van der Waals surface area contributed by atoms with E-state index in [2.05, 4.69) is 32.4 Å². The SMILES string of the molecule is CCOC1CC(NC(=NC)NC2CCN(c3ncccc3Cl)C2)C12CCC2.I. The van der Waals surface area contributed by atoms with Gasteiger partial charge in [0.2, 0.25) is 0 Å². The lowest BCUT2D eigenvalue weighted by Gasteiger charge is -2.61. The predicted octanol–water partition coefficient (Wildman–Crippen LogP) is 3.44. The predicted molar refractivity (Wildman–Crippen MR) is 125 cm³/mol. The number of hydrogen-bond donors (Lipinski definition) is 2. The number of nitrogens with zero attached hydrogens (tertiary/aromatic N) is 3. The molecule has 1 aromatic rings. The average molecular weight is 520 g/mol. The molecule has 4 rings (SSSR count). The van der Waals surface area contributed by atoms with Crippen molar-refractivity contribution in [3.63, 3.8) is 0 Å². The minimum Gasteiger partial charge on any atom is -0.378 e. The van der Waals surface area contributed by atoms with Crippen molar-refractivity contribution in [1.29, 1.82) is 0 Å². The number of ether oxygens (including phenoxy) is 1. The molecule has 2 saturated carbocycles. The molecule has 2 N–H and O–H groups in total. The largest absolute Gasteiger partial charge is 0.378 e. The number of aromatic nitrogens is 1. The maximum Gasteiger partial charge on any atom is 0.191 e. The second-order valence-corrected chi connectivity index (χ2v) is 8.33. The molecule has 2 heterocycles. The van der Waals surface area contributed by atoms with Crippen molar-refractivity contribution in [3.05, 3.63) is 23.4 Å². The average Bonchev–Trinajstić information content (AvgIpc) is 3.07. The molecule has 28 heavy (non-hydrogen) atoms. The van der Waals surface area contributed by atoms with Crippen molar-refractivity contribution in [2.75, 3.05) is 31.6 Å². The third-order valence-corrected chi connectivity index (χ3v) is 6.83. The topological polar surface area (TPSA) is 61.8 Å². The molecule has 1 aliphatic heterocycles. The zero-order valence-corrected chi connectivity index (χ0v) is 19.7. The van der Waals surface area contributed by atoms with Gasteiger partial charge in [0.25, 0.3) is 0 Å². The van der Waals surface area contributed by atoms with Crippen LogP contribution in [-0.2, 0) is 4.74 Å². The monoisotopic (exact) mass is 519 g/mol. The molecule has 3 fully saturated rings. The molecule has 1 saturated heterocycles. The fourth-order valence-corrected chi connectivity index (χ4v) is 5.09. The number of guanidine groups is 1. The summed E-state index contributed by atoms with van der Waals surface area (Å²) in [6, 6.07) is 4.58. The smallest absolute Gasteiger partial charge is 0.191 e. The first-order chi connectivity index (χ1) is 13.2. The molecule has 3 aliphatic rings. The first-order valence-electron chi connectivity index (χ1n) is 10.1. The van der Waals surface area contributed by atoms with E-state index in [-0.39, 0.29) is 24.0 Å². The maximum atomic E-state index is 6.30. The second kappa shape index (κ2) is 9.34. The molecule has 1 spiro atoms. The van der Waals surface area contributed by atoms with E-state index in [9.17, 15) is 0 Å². The Bertz CT molecular complexity index is 699. The zero-order valence-electron chi connectivity index (χ0n) is 16.7. The van der Waals surface area contributed by atoms with Gasteiger partial charge in [-0.3, -0.25) is 4.99 Å². The fraction of sp³-hybridized carbons (Fsp3) is 0.700. The molecule has 8 heteroatoms. The van der Waals surface area contributed by atoms with Gasteiger partial charge < -0.3 is 20.3 Å². The number of rotatable bonds is 5. The summed E-state index contributed by atoms with van der Waals surface area (Å²) in [6.45, 7) is 4.73. The van der Waals surface area contributed by atoms with Gasteiger partial charge in [-0.25, -0.2) is 4.98 Å². The highest BCUT2D eigenvalue weighted by molar-refractivity contribution is 14.0. The Morgan fingerprint density at radius 1 is 1.43 bits per heavy atom. The number of nitrogens with one attached hydrogen (secondary N) is 2. The minimum atomic E-state index is 0. The summed E-state index contributed by atoms with van der Waals surface area (Å²) < 4.78 is 5.96. The first kappa shape index (κ1) is 21.9. The van der Waals surface area contributed by atoms with Crippen LogP contribution in [0.1, 0.15) is 39.0 Å². The van der Waals surface area contributed by atoms with Crippen LogP contribution in [0.3, 0.4) is 0 Å². The van der Waals surface area contributed by atoms with E-state index in [4.69, 9.17) is 16.3 Å². The lowest BCUT2D eigenvalue weighted by Crippen LogP contribution is -2.69. The van der Waals surface area contributed by atoms with Crippen LogP contribution in [0, 0.1) is 5.41 Å². The number of halogens is 2. The van der Waals surface area contributed by atoms with Crippen LogP contribution >= 0.6 is 35.6 Å². The molecule has 3 unspecified atom stereocenters. The zero-order chi connectivity index (χ0) is 18.9. The summed E-state index contributed by atoms with van der Waals surface area (Å²) in [4.78, 5) is 11.2. The van der Waals surface area contributed by atoms with Crippen molar-refractivity contribution in [3.8, 4) is 0 Å². The molecule has 2 aliphatic carbocycles. The summed E-state index contributed by atoms with van der Waals surface area (Å²) in [5, 5.41) is 7.99. The molecular formula is C20H31ClIN5O. The minimum absolute atomic E-state index is 0. The summed E-state index contributed by atoms with van der Waals surface area (Å²) in [6.07, 6.45) is 8.19. The molecule has 0 aromatic carbocycles. The normalized spacial score (nSPS) is 28.3. The van der Waals surface area contributed by atoms with Crippen molar-refractivity contribution < 1.29 is 4.74 Å². The van der Waals surface area contributed by atoms with Crippen molar-refractivity contribution in [1.82, 2.24) is 15.6 Å². The van der Waals surface area contributed by atoms with E-state index in [0.29, 0.717) is 28.6 Å². The van der Waals surface area contributed by atoms with Crippen LogP contribution < -0.4 is 15.5 Å². The number of aliphatic imine (C=N–C) groups is 1. The van der Waals surface area contributed by atoms with E-state index in [1.165, 1.54) is 19.3 Å². The van der Waals surface area contributed by atoms with Crippen LogP contribution in [0.5, 0.6) is 0 Å². The Morgan fingerprint density at radius 2 is 2.25 bits per heavy atom. The van der Waals surface area contributed by atoms with Gasteiger partial charge in [0, 0.05) is 50.4 Å². The summed E-state index contributed by atoms with van der Waals surface area (Å²) in [7, 11) is 1.85. The van der Waals surface area contributed by atoms with Crippen molar-refractivity contribution >= 4 is 47.4 Å². The maximum absolute atomic E-state index is 6.30. The van der Waals surface area contributed by atoms with E-state index >= 15 is 0 Å². The Balaban J connectivity index is 0.00000225. The van der Waals surface area contributed by atoms with Crippen molar-refractivity contribution in [2.24, 2.45) is 10.4 Å². The van der Waals surface area contributed by atoms with Crippen LogP contribution in [0.2, 0.25) is 5.02 Å². The number of pyridine rings is 1. The van der Waals surface area contributed by atoms with Gasteiger partial charge in [0.15, 0.2) is 5.96 Å². The van der Waals surface area contributed by atoms with Gasteiger partial charge in [-0.1, -0.05) is 18.0 Å².